The SMILES string of the molecule is CC[C@H]1CCc2c(sc3c2C(=O)N[C@H](c2ccccc2OC)N3)C1. The van der Waals surface area contributed by atoms with E-state index in [1.165, 1.54) is 23.3 Å². The molecule has 0 spiro atoms. The molecule has 1 aromatic heterocycles. The first-order valence-electron chi connectivity index (χ1n) is 8.56. The average Bonchev–Trinajstić information content (AvgIpc) is 2.99. The molecule has 1 aliphatic carbocycles. The number of benzene rings is 1. The fourth-order valence-corrected chi connectivity index (χ4v) is 5.16. The normalized spacial score (nSPS) is 22.2. The van der Waals surface area contributed by atoms with Gasteiger partial charge in [0.2, 0.25) is 0 Å². The van der Waals surface area contributed by atoms with Gasteiger partial charge in [-0.1, -0.05) is 31.5 Å². The van der Waals surface area contributed by atoms with Crippen LogP contribution in [0.3, 0.4) is 0 Å². The Bertz CT molecular complexity index is 784. The summed E-state index contributed by atoms with van der Waals surface area (Å²) in [4.78, 5) is 14.2. The van der Waals surface area contributed by atoms with Gasteiger partial charge in [-0.3, -0.25) is 4.79 Å². The molecule has 4 rings (SSSR count). The lowest BCUT2D eigenvalue weighted by molar-refractivity contribution is 0.0934. The summed E-state index contributed by atoms with van der Waals surface area (Å²) in [6.07, 6.45) is 4.29. The fraction of sp³-hybridized carbons (Fsp3) is 0.421. The first-order valence-corrected chi connectivity index (χ1v) is 9.37. The van der Waals surface area contributed by atoms with Gasteiger partial charge in [0.15, 0.2) is 0 Å². The summed E-state index contributed by atoms with van der Waals surface area (Å²) in [6.45, 7) is 2.26. The molecule has 2 atom stereocenters. The summed E-state index contributed by atoms with van der Waals surface area (Å²) in [5.41, 5.74) is 3.09. The lowest BCUT2D eigenvalue weighted by Gasteiger charge is -2.28. The van der Waals surface area contributed by atoms with E-state index in [1.807, 2.05) is 24.3 Å². The Labute approximate surface area is 146 Å². The number of amides is 1. The van der Waals surface area contributed by atoms with Gasteiger partial charge in [-0.25, -0.2) is 0 Å². The number of carbonyl (C=O) groups is 1. The zero-order chi connectivity index (χ0) is 16.7. The second kappa shape index (κ2) is 6.13. The minimum absolute atomic E-state index is 0.0344. The molecule has 0 saturated heterocycles. The van der Waals surface area contributed by atoms with Gasteiger partial charge < -0.3 is 15.4 Å². The van der Waals surface area contributed by atoms with Crippen molar-refractivity contribution in [3.05, 3.63) is 45.8 Å². The molecule has 0 fully saturated rings. The van der Waals surface area contributed by atoms with Gasteiger partial charge in [0, 0.05) is 10.4 Å². The predicted molar refractivity (Wildman–Crippen MR) is 96.9 cm³/mol. The highest BCUT2D eigenvalue weighted by Crippen LogP contribution is 2.43. The van der Waals surface area contributed by atoms with E-state index in [1.54, 1.807) is 18.4 Å². The predicted octanol–water partition coefficient (Wildman–Crippen LogP) is 4.13. The molecule has 1 aliphatic heterocycles. The first kappa shape index (κ1) is 15.5. The molecule has 126 valence electrons. The third kappa shape index (κ3) is 2.47. The highest BCUT2D eigenvalue weighted by atomic mass is 32.1. The highest BCUT2D eigenvalue weighted by molar-refractivity contribution is 7.16. The lowest BCUT2D eigenvalue weighted by atomic mass is 9.85. The van der Waals surface area contributed by atoms with Crippen molar-refractivity contribution < 1.29 is 9.53 Å². The van der Waals surface area contributed by atoms with Crippen LogP contribution < -0.4 is 15.4 Å². The van der Waals surface area contributed by atoms with Crippen LogP contribution in [0.25, 0.3) is 0 Å². The van der Waals surface area contributed by atoms with Gasteiger partial charge in [-0.15, -0.1) is 11.3 Å². The zero-order valence-electron chi connectivity index (χ0n) is 14.0. The van der Waals surface area contributed by atoms with Crippen molar-refractivity contribution in [1.29, 1.82) is 0 Å². The van der Waals surface area contributed by atoms with Gasteiger partial charge in [0.25, 0.3) is 5.91 Å². The number of methoxy groups -OCH3 is 1. The minimum atomic E-state index is -0.247. The number of rotatable bonds is 3. The molecular weight excluding hydrogens is 320 g/mol. The number of ether oxygens (including phenoxy) is 1. The maximum Gasteiger partial charge on any atom is 0.256 e. The number of thiophene rings is 1. The molecule has 0 bridgehead atoms. The van der Waals surface area contributed by atoms with Crippen molar-refractivity contribution in [1.82, 2.24) is 5.32 Å². The van der Waals surface area contributed by atoms with E-state index < -0.39 is 0 Å². The van der Waals surface area contributed by atoms with Crippen molar-refractivity contribution in [2.45, 2.75) is 38.8 Å². The topological polar surface area (TPSA) is 50.4 Å². The number of hydrogen-bond donors (Lipinski definition) is 2. The Kier molecular flexibility index (Phi) is 3.96. The number of nitrogens with one attached hydrogen (secondary N) is 2. The Morgan fingerprint density at radius 3 is 2.92 bits per heavy atom. The zero-order valence-corrected chi connectivity index (χ0v) is 14.8. The van der Waals surface area contributed by atoms with E-state index in [2.05, 4.69) is 17.6 Å². The molecule has 0 unspecified atom stereocenters. The molecule has 1 aromatic carbocycles. The molecular formula is C19H22N2O2S. The van der Waals surface area contributed by atoms with Crippen molar-refractivity contribution in [3.8, 4) is 5.75 Å². The van der Waals surface area contributed by atoms with Crippen LogP contribution in [-0.4, -0.2) is 13.0 Å². The van der Waals surface area contributed by atoms with E-state index >= 15 is 0 Å². The monoisotopic (exact) mass is 342 g/mol. The van der Waals surface area contributed by atoms with E-state index in [0.717, 1.165) is 40.6 Å². The molecule has 5 heteroatoms. The van der Waals surface area contributed by atoms with Crippen molar-refractivity contribution >= 4 is 22.2 Å². The maximum atomic E-state index is 12.8. The molecule has 2 aliphatic rings. The fourth-order valence-electron chi connectivity index (χ4n) is 3.78. The van der Waals surface area contributed by atoms with Crippen LogP contribution in [0.1, 0.15) is 52.3 Å². The summed E-state index contributed by atoms with van der Waals surface area (Å²) in [5.74, 6) is 1.57. The number of carbonyl (C=O) groups excluding carboxylic acids is 1. The van der Waals surface area contributed by atoms with E-state index in [4.69, 9.17) is 4.74 Å². The largest absolute Gasteiger partial charge is 0.496 e. The Morgan fingerprint density at radius 2 is 2.12 bits per heavy atom. The number of para-hydroxylation sites is 1. The highest BCUT2D eigenvalue weighted by Gasteiger charge is 2.34. The summed E-state index contributed by atoms with van der Waals surface area (Å²) in [5, 5.41) is 7.63. The smallest absolute Gasteiger partial charge is 0.256 e. The second-order valence-corrected chi connectivity index (χ2v) is 7.62. The van der Waals surface area contributed by atoms with Gasteiger partial charge in [0.1, 0.15) is 16.9 Å². The quantitative estimate of drug-likeness (QED) is 0.882. The van der Waals surface area contributed by atoms with Crippen molar-refractivity contribution in [2.75, 3.05) is 12.4 Å². The maximum absolute atomic E-state index is 12.8. The van der Waals surface area contributed by atoms with Crippen LogP contribution in [0.4, 0.5) is 5.00 Å². The molecule has 2 heterocycles. The lowest BCUT2D eigenvalue weighted by Crippen LogP contribution is -2.38. The van der Waals surface area contributed by atoms with Gasteiger partial charge in [-0.2, -0.15) is 0 Å². The summed E-state index contributed by atoms with van der Waals surface area (Å²) in [6, 6.07) is 7.81. The summed E-state index contributed by atoms with van der Waals surface area (Å²) >= 11 is 1.76. The Morgan fingerprint density at radius 1 is 1.29 bits per heavy atom. The van der Waals surface area contributed by atoms with Crippen molar-refractivity contribution in [2.24, 2.45) is 5.92 Å². The molecule has 2 aromatic rings. The van der Waals surface area contributed by atoms with Crippen LogP contribution in [0.2, 0.25) is 0 Å². The summed E-state index contributed by atoms with van der Waals surface area (Å²) < 4.78 is 5.44. The van der Waals surface area contributed by atoms with E-state index in [9.17, 15) is 4.79 Å². The van der Waals surface area contributed by atoms with Crippen LogP contribution in [0, 0.1) is 5.92 Å². The van der Waals surface area contributed by atoms with Gasteiger partial charge in [0.05, 0.1) is 12.7 Å². The van der Waals surface area contributed by atoms with E-state index in [-0.39, 0.29) is 12.1 Å². The van der Waals surface area contributed by atoms with Gasteiger partial charge in [-0.05, 0) is 36.8 Å². The number of anilines is 1. The van der Waals surface area contributed by atoms with E-state index in [0.29, 0.717) is 0 Å². The molecule has 4 nitrogen and oxygen atoms in total. The third-order valence-corrected chi connectivity index (χ3v) is 6.36. The molecule has 0 saturated carbocycles. The van der Waals surface area contributed by atoms with Crippen LogP contribution in [-0.2, 0) is 12.8 Å². The molecule has 24 heavy (non-hydrogen) atoms. The second-order valence-electron chi connectivity index (χ2n) is 6.52. The standard InChI is InChI=1S/C19H22N2O2S/c1-3-11-8-9-13-15(10-11)24-19-16(13)18(22)20-17(21-19)12-6-4-5-7-14(12)23-2/h4-7,11,17,21H,3,8-10H2,1-2H3,(H,20,22)/t11-,17-/m0/s1. The van der Waals surface area contributed by atoms with Crippen LogP contribution in [0.15, 0.2) is 24.3 Å². The van der Waals surface area contributed by atoms with Crippen molar-refractivity contribution in [3.63, 3.8) is 0 Å². The van der Waals surface area contributed by atoms with Gasteiger partial charge >= 0.3 is 0 Å². The number of hydrogen-bond acceptors (Lipinski definition) is 4. The number of fused-ring (bicyclic) bond motifs is 3. The Balaban J connectivity index is 1.69. The summed E-state index contributed by atoms with van der Waals surface area (Å²) in [7, 11) is 1.66. The molecule has 1 amide bonds. The molecule has 0 radical (unpaired) electrons. The third-order valence-electron chi connectivity index (χ3n) is 5.17. The Hall–Kier alpha value is -2.01. The van der Waals surface area contributed by atoms with Crippen LogP contribution in [0.5, 0.6) is 5.75 Å². The average molecular weight is 342 g/mol. The molecule has 2 N–H and O–H groups in total. The van der Waals surface area contributed by atoms with Crippen LogP contribution >= 0.6 is 11.3 Å². The first-order chi connectivity index (χ1) is 11.7. The minimum Gasteiger partial charge on any atom is -0.496 e.